The number of nitrogens with zero attached hydrogens (tertiary/aromatic N) is 2. The first-order chi connectivity index (χ1) is 12.1. The topological polar surface area (TPSA) is 52.9 Å². The van der Waals surface area contributed by atoms with Crippen LogP contribution in [0.25, 0.3) is 0 Å². The molecule has 0 aliphatic carbocycles. The van der Waals surface area contributed by atoms with Gasteiger partial charge in [-0.25, -0.2) is 4.99 Å². The molecule has 1 heterocycles. The molecule has 0 spiro atoms. The van der Waals surface area contributed by atoms with E-state index in [0.717, 1.165) is 11.3 Å². The summed E-state index contributed by atoms with van der Waals surface area (Å²) in [6, 6.07) is 22.1. The van der Waals surface area contributed by atoms with Crippen molar-refractivity contribution in [2.45, 2.75) is 6.92 Å². The van der Waals surface area contributed by atoms with Crippen molar-refractivity contribution in [3.05, 3.63) is 83.9 Å². The van der Waals surface area contributed by atoms with Crippen molar-refractivity contribution in [2.24, 2.45) is 4.99 Å². The number of aliphatic imine (C=N–C) groups is 1. The number of carbonyl (C=O) groups is 1. The summed E-state index contributed by atoms with van der Waals surface area (Å²) in [6.07, 6.45) is 0. The maximum absolute atomic E-state index is 13.1. The molecular formula is C21H16N2O2. The van der Waals surface area contributed by atoms with Crippen molar-refractivity contribution in [3.63, 3.8) is 0 Å². The fourth-order valence-corrected chi connectivity index (χ4v) is 3.04. The second kappa shape index (κ2) is 5.91. The lowest BCUT2D eigenvalue weighted by atomic mass is 10.1. The predicted molar refractivity (Wildman–Crippen MR) is 99.1 cm³/mol. The third-order valence-corrected chi connectivity index (χ3v) is 4.16. The van der Waals surface area contributed by atoms with E-state index < -0.39 is 0 Å². The van der Waals surface area contributed by atoms with Crippen molar-refractivity contribution in [3.8, 4) is 5.75 Å². The van der Waals surface area contributed by atoms with Crippen LogP contribution in [0, 0.1) is 6.92 Å². The van der Waals surface area contributed by atoms with E-state index in [1.54, 1.807) is 17.0 Å². The van der Waals surface area contributed by atoms with E-state index in [-0.39, 0.29) is 17.4 Å². The normalized spacial score (nSPS) is 14.8. The summed E-state index contributed by atoms with van der Waals surface area (Å²) in [7, 11) is 0. The number of phenols is 1. The van der Waals surface area contributed by atoms with E-state index in [0.29, 0.717) is 16.9 Å². The second-order valence-corrected chi connectivity index (χ2v) is 5.95. The third-order valence-electron chi connectivity index (χ3n) is 4.16. The lowest BCUT2D eigenvalue weighted by Crippen LogP contribution is -2.25. The van der Waals surface area contributed by atoms with Crippen molar-refractivity contribution >= 4 is 28.7 Å². The minimum Gasteiger partial charge on any atom is -0.507 e. The lowest BCUT2D eigenvalue weighted by Gasteiger charge is -2.16. The molecule has 1 aliphatic rings. The van der Waals surface area contributed by atoms with Gasteiger partial charge >= 0.3 is 0 Å². The molecule has 0 unspecified atom stereocenters. The molecule has 122 valence electrons. The molecule has 0 radical (unpaired) electrons. The lowest BCUT2D eigenvalue weighted by molar-refractivity contribution is -0.111. The number of aromatic hydroxyl groups is 1. The summed E-state index contributed by atoms with van der Waals surface area (Å²) in [5, 5.41) is 10.4. The van der Waals surface area contributed by atoms with Crippen LogP contribution in [0.1, 0.15) is 11.1 Å². The monoisotopic (exact) mass is 328 g/mol. The average Bonchev–Trinajstić information content (AvgIpc) is 2.89. The third kappa shape index (κ3) is 2.58. The largest absolute Gasteiger partial charge is 0.507 e. The number of amides is 1. The standard InChI is InChI=1S/C21H16N2O2/c1-14-7-5-8-15(13-14)22-20-19-17(11-6-12-18(19)24)23(21(20)25)16-9-3-2-4-10-16/h2-13,24H,1H3. The Balaban J connectivity index is 1.91. The van der Waals surface area contributed by atoms with E-state index in [9.17, 15) is 9.90 Å². The highest BCUT2D eigenvalue weighted by molar-refractivity contribution is 6.56. The van der Waals surface area contributed by atoms with Crippen LogP contribution in [0.4, 0.5) is 17.1 Å². The van der Waals surface area contributed by atoms with Crippen molar-refractivity contribution < 1.29 is 9.90 Å². The Hall–Kier alpha value is -3.40. The molecule has 0 saturated heterocycles. The highest BCUT2D eigenvalue weighted by Gasteiger charge is 2.37. The van der Waals surface area contributed by atoms with Crippen LogP contribution in [0.2, 0.25) is 0 Å². The van der Waals surface area contributed by atoms with E-state index in [4.69, 9.17) is 0 Å². The highest BCUT2D eigenvalue weighted by atomic mass is 16.3. The SMILES string of the molecule is Cc1cccc(N=C2C(=O)N(c3ccccc3)c3cccc(O)c32)c1. The number of rotatable bonds is 2. The first-order valence-corrected chi connectivity index (χ1v) is 8.02. The van der Waals surface area contributed by atoms with Gasteiger partial charge in [0.25, 0.3) is 5.91 Å². The Labute approximate surface area is 145 Å². The molecule has 0 saturated carbocycles. The summed E-state index contributed by atoms with van der Waals surface area (Å²) in [4.78, 5) is 19.2. The molecule has 3 aromatic rings. The zero-order chi connectivity index (χ0) is 17.4. The van der Waals surface area contributed by atoms with Crippen LogP contribution in [-0.4, -0.2) is 16.7 Å². The van der Waals surface area contributed by atoms with Gasteiger partial charge in [0.2, 0.25) is 0 Å². The summed E-state index contributed by atoms with van der Waals surface area (Å²) < 4.78 is 0. The molecule has 4 rings (SSSR count). The fourth-order valence-electron chi connectivity index (χ4n) is 3.04. The van der Waals surface area contributed by atoms with Crippen molar-refractivity contribution in [1.82, 2.24) is 0 Å². The van der Waals surface area contributed by atoms with Gasteiger partial charge in [0, 0.05) is 5.69 Å². The number of hydrogen-bond acceptors (Lipinski definition) is 3. The molecule has 0 bridgehead atoms. The molecule has 4 heteroatoms. The van der Waals surface area contributed by atoms with Gasteiger partial charge in [-0.2, -0.15) is 0 Å². The quantitative estimate of drug-likeness (QED) is 0.753. The number of para-hydroxylation sites is 1. The van der Waals surface area contributed by atoms with E-state index in [1.165, 1.54) is 0 Å². The van der Waals surface area contributed by atoms with Gasteiger partial charge in [0.15, 0.2) is 0 Å². The van der Waals surface area contributed by atoms with Crippen LogP contribution < -0.4 is 4.90 Å². The smallest absolute Gasteiger partial charge is 0.282 e. The number of hydrogen-bond donors (Lipinski definition) is 1. The Morgan fingerprint density at radius 2 is 1.68 bits per heavy atom. The Bertz CT molecular complexity index is 994. The molecule has 0 atom stereocenters. The first-order valence-electron chi connectivity index (χ1n) is 8.02. The predicted octanol–water partition coefficient (Wildman–Crippen LogP) is 4.50. The Morgan fingerprint density at radius 3 is 2.44 bits per heavy atom. The maximum atomic E-state index is 13.1. The Kier molecular flexibility index (Phi) is 3.58. The molecule has 0 fully saturated rings. The zero-order valence-electron chi connectivity index (χ0n) is 13.7. The van der Waals surface area contributed by atoms with E-state index in [2.05, 4.69) is 4.99 Å². The second-order valence-electron chi connectivity index (χ2n) is 5.95. The maximum Gasteiger partial charge on any atom is 0.282 e. The average molecular weight is 328 g/mol. The molecule has 1 N–H and O–H groups in total. The van der Waals surface area contributed by atoms with Gasteiger partial charge in [-0.05, 0) is 48.9 Å². The Morgan fingerprint density at radius 1 is 0.920 bits per heavy atom. The van der Waals surface area contributed by atoms with Crippen LogP contribution >= 0.6 is 0 Å². The van der Waals surface area contributed by atoms with E-state index >= 15 is 0 Å². The minimum absolute atomic E-state index is 0.0516. The number of benzene rings is 3. The van der Waals surface area contributed by atoms with Gasteiger partial charge in [0.05, 0.1) is 16.9 Å². The number of carbonyl (C=O) groups excluding carboxylic acids is 1. The van der Waals surface area contributed by atoms with Gasteiger partial charge in [-0.3, -0.25) is 9.69 Å². The summed E-state index contributed by atoms with van der Waals surface area (Å²) in [5.41, 5.74) is 3.86. The zero-order valence-corrected chi connectivity index (χ0v) is 13.7. The van der Waals surface area contributed by atoms with Crippen LogP contribution in [0.5, 0.6) is 5.75 Å². The molecule has 25 heavy (non-hydrogen) atoms. The van der Waals surface area contributed by atoms with Gasteiger partial charge < -0.3 is 5.11 Å². The molecule has 0 aromatic heterocycles. The summed E-state index contributed by atoms with van der Waals surface area (Å²) in [5.74, 6) is -0.195. The number of aryl methyl sites for hydroxylation is 1. The van der Waals surface area contributed by atoms with Crippen LogP contribution in [0.15, 0.2) is 77.8 Å². The van der Waals surface area contributed by atoms with Crippen LogP contribution in [0.3, 0.4) is 0 Å². The van der Waals surface area contributed by atoms with Crippen molar-refractivity contribution in [2.75, 3.05) is 4.90 Å². The molecule has 3 aromatic carbocycles. The number of anilines is 2. The van der Waals surface area contributed by atoms with Crippen LogP contribution in [-0.2, 0) is 4.79 Å². The van der Waals surface area contributed by atoms with Gasteiger partial charge in [0.1, 0.15) is 11.5 Å². The van der Waals surface area contributed by atoms with Gasteiger partial charge in [-0.15, -0.1) is 0 Å². The molecular weight excluding hydrogens is 312 g/mol. The summed E-state index contributed by atoms with van der Waals surface area (Å²) in [6.45, 7) is 1.97. The summed E-state index contributed by atoms with van der Waals surface area (Å²) >= 11 is 0. The molecule has 4 nitrogen and oxygen atoms in total. The number of fused-ring (bicyclic) bond motifs is 1. The number of phenolic OH excluding ortho intramolecular Hbond substituents is 1. The van der Waals surface area contributed by atoms with E-state index in [1.807, 2.05) is 67.6 Å². The molecule has 1 amide bonds. The molecule has 1 aliphatic heterocycles. The first kappa shape index (κ1) is 15.1. The minimum atomic E-state index is -0.246. The van der Waals surface area contributed by atoms with Gasteiger partial charge in [-0.1, -0.05) is 36.4 Å². The fraction of sp³-hybridized carbons (Fsp3) is 0.0476. The van der Waals surface area contributed by atoms with Crippen molar-refractivity contribution in [1.29, 1.82) is 0 Å². The highest BCUT2D eigenvalue weighted by Crippen LogP contribution is 2.40.